The highest BCUT2D eigenvalue weighted by Crippen LogP contribution is 2.44. The lowest BCUT2D eigenvalue weighted by atomic mass is 9.92. The van der Waals surface area contributed by atoms with Crippen molar-refractivity contribution in [2.45, 2.75) is 63.9 Å². The molecule has 2 aromatic heterocycles. The van der Waals surface area contributed by atoms with Gasteiger partial charge in [0, 0.05) is 37.1 Å². The molecule has 4 unspecified atom stereocenters. The highest BCUT2D eigenvalue weighted by atomic mass is 16.5. The SMILES string of the molecule is COCC1CC(c2nc3c(ccc4cc5c(cc43)OCc3cc(-c4cnc(C6CCCN6C(=O)C(NC(=O)OC)C(C)C)[nH]4)ccc3-5)[nH]2)N(C(=O)[C@H](N)c2ccccc2)C1. The number of carbonyl (C=O) groups excluding carboxylic acids is 3. The van der Waals surface area contributed by atoms with Gasteiger partial charge in [-0.1, -0.05) is 62.4 Å². The van der Waals surface area contributed by atoms with Crippen LogP contribution in [0.2, 0.25) is 0 Å². The molecule has 0 aliphatic carbocycles. The number of aromatic nitrogens is 4. The predicted molar refractivity (Wildman–Crippen MR) is 227 cm³/mol. The van der Waals surface area contributed by atoms with Crippen molar-refractivity contribution in [3.63, 3.8) is 0 Å². The predicted octanol–water partition coefficient (Wildman–Crippen LogP) is 6.95. The normalized spacial score (nSPS) is 19.6. The number of nitrogens with two attached hydrogens (primary N) is 1. The van der Waals surface area contributed by atoms with Crippen molar-refractivity contribution in [2.75, 3.05) is 33.9 Å². The zero-order chi connectivity index (χ0) is 41.7. The quantitative estimate of drug-likeness (QED) is 0.114. The summed E-state index contributed by atoms with van der Waals surface area (Å²) in [7, 11) is 2.98. The molecule has 14 heteroatoms. The van der Waals surface area contributed by atoms with Gasteiger partial charge < -0.3 is 45.0 Å². The van der Waals surface area contributed by atoms with E-state index in [1.54, 1.807) is 7.11 Å². The first kappa shape index (κ1) is 39.2. The van der Waals surface area contributed by atoms with E-state index >= 15 is 0 Å². The number of H-pyrrole nitrogens is 2. The number of imidazole rings is 2. The number of nitrogens with one attached hydrogen (secondary N) is 3. The topological polar surface area (TPSA) is 181 Å². The smallest absolute Gasteiger partial charge is 0.407 e. The first-order valence-electron chi connectivity index (χ1n) is 20.6. The molecule has 9 rings (SSSR count). The fourth-order valence-electron chi connectivity index (χ4n) is 9.24. The number of amides is 3. The summed E-state index contributed by atoms with van der Waals surface area (Å²) in [5, 5.41) is 4.70. The average Bonchev–Trinajstić information content (AvgIpc) is 4.10. The van der Waals surface area contributed by atoms with E-state index in [9.17, 15) is 14.4 Å². The largest absolute Gasteiger partial charge is 0.488 e. The van der Waals surface area contributed by atoms with Crippen LogP contribution in [0.15, 0.2) is 79.0 Å². The first-order chi connectivity index (χ1) is 29.1. The average molecular weight is 811 g/mol. The lowest BCUT2D eigenvalue weighted by Gasteiger charge is -2.30. The Kier molecular flexibility index (Phi) is 10.5. The van der Waals surface area contributed by atoms with E-state index in [1.165, 1.54) is 7.11 Å². The van der Waals surface area contributed by atoms with Crippen LogP contribution in [0.5, 0.6) is 5.75 Å². The summed E-state index contributed by atoms with van der Waals surface area (Å²) < 4.78 is 16.7. The molecule has 0 saturated carbocycles. The third kappa shape index (κ3) is 7.13. The van der Waals surface area contributed by atoms with Gasteiger partial charge in [0.2, 0.25) is 11.8 Å². The van der Waals surface area contributed by atoms with Crippen LogP contribution in [0, 0.1) is 11.8 Å². The van der Waals surface area contributed by atoms with Crippen LogP contribution in [0.1, 0.15) is 74.0 Å². The molecule has 6 aromatic rings. The summed E-state index contributed by atoms with van der Waals surface area (Å²) in [6, 6.07) is 22.2. The number of hydrogen-bond donors (Lipinski definition) is 4. The van der Waals surface area contributed by atoms with Crippen molar-refractivity contribution < 1.29 is 28.6 Å². The van der Waals surface area contributed by atoms with Gasteiger partial charge >= 0.3 is 6.09 Å². The second kappa shape index (κ2) is 16.1. The fourth-order valence-corrected chi connectivity index (χ4v) is 9.24. The Morgan fingerprint density at radius 1 is 0.950 bits per heavy atom. The monoisotopic (exact) mass is 810 g/mol. The lowest BCUT2D eigenvalue weighted by Crippen LogP contribution is -2.51. The van der Waals surface area contributed by atoms with Crippen LogP contribution in [0.25, 0.3) is 44.2 Å². The Labute approximate surface area is 347 Å². The van der Waals surface area contributed by atoms with E-state index in [2.05, 4.69) is 51.7 Å². The van der Waals surface area contributed by atoms with Crippen LogP contribution in [0.3, 0.4) is 0 Å². The molecule has 0 bridgehead atoms. The van der Waals surface area contributed by atoms with E-state index in [0.29, 0.717) is 38.5 Å². The minimum absolute atomic E-state index is 0.114. The molecule has 5 N–H and O–H groups in total. The summed E-state index contributed by atoms with van der Waals surface area (Å²) in [4.78, 5) is 60.2. The summed E-state index contributed by atoms with van der Waals surface area (Å²) >= 11 is 0. The van der Waals surface area contributed by atoms with Crippen LogP contribution in [-0.2, 0) is 25.7 Å². The number of alkyl carbamates (subject to hydrolysis) is 1. The molecular formula is C46H50N8O6. The molecule has 60 heavy (non-hydrogen) atoms. The number of carbonyl (C=O) groups is 3. The van der Waals surface area contributed by atoms with Gasteiger partial charge in [0.05, 0.1) is 48.7 Å². The number of likely N-dealkylation sites (tertiary alicyclic amines) is 2. The maximum atomic E-state index is 13.9. The third-order valence-electron chi connectivity index (χ3n) is 12.3. The number of methoxy groups -OCH3 is 2. The van der Waals surface area contributed by atoms with Crippen molar-refractivity contribution in [3.05, 3.63) is 102 Å². The molecule has 0 radical (unpaired) electrons. The number of nitrogens with zero attached hydrogens (tertiary/aromatic N) is 4. The second-order valence-corrected chi connectivity index (χ2v) is 16.5. The Morgan fingerprint density at radius 3 is 2.57 bits per heavy atom. The molecule has 3 aliphatic rings. The van der Waals surface area contributed by atoms with Crippen molar-refractivity contribution in [1.82, 2.24) is 35.1 Å². The van der Waals surface area contributed by atoms with Crippen LogP contribution < -0.4 is 15.8 Å². The van der Waals surface area contributed by atoms with E-state index in [-0.39, 0.29) is 35.7 Å². The van der Waals surface area contributed by atoms with Crippen LogP contribution in [0.4, 0.5) is 4.79 Å². The molecule has 0 spiro atoms. The Bertz CT molecular complexity index is 2590. The number of ether oxygens (including phenoxy) is 3. The zero-order valence-electron chi connectivity index (χ0n) is 34.2. The number of aromatic amines is 2. The van der Waals surface area contributed by atoms with E-state index in [4.69, 9.17) is 29.9 Å². The van der Waals surface area contributed by atoms with Gasteiger partial charge in [0.1, 0.15) is 36.1 Å². The van der Waals surface area contributed by atoms with Gasteiger partial charge in [-0.05, 0) is 77.1 Å². The number of hydrogen-bond acceptors (Lipinski definition) is 9. The number of rotatable bonds is 10. The maximum absolute atomic E-state index is 13.9. The van der Waals surface area contributed by atoms with Crippen molar-refractivity contribution >= 4 is 39.7 Å². The standard InChI is InChI=1S/C46H50N8O6/c1-25(2)40(52-46(57)59-4)45(56)53-16-8-11-36(53)42-48-21-35(50-42)29-12-14-31-30(18-29)24-60-38-20-32-28(19-33(31)38)13-15-34-41(32)51-43(49-34)37-17-26(23-58-3)22-54(37)44(55)39(47)27-9-6-5-7-10-27/h5-7,9-10,12-15,18-21,25-26,36-37,39-40H,8,11,16-17,22-24,47H2,1-4H3,(H,48,50)(H,49,51)(H,52,57)/t26?,36?,37?,39-,40?/m1/s1. The summed E-state index contributed by atoms with van der Waals surface area (Å²) in [5.74, 6) is 1.99. The Morgan fingerprint density at radius 2 is 1.78 bits per heavy atom. The van der Waals surface area contributed by atoms with Gasteiger partial charge in [-0.3, -0.25) is 9.59 Å². The fraction of sp³-hybridized carbons (Fsp3) is 0.370. The van der Waals surface area contributed by atoms with Gasteiger partial charge in [0.15, 0.2) is 0 Å². The molecule has 2 saturated heterocycles. The molecular weight excluding hydrogens is 761 g/mol. The van der Waals surface area contributed by atoms with Crippen molar-refractivity contribution in [3.8, 4) is 28.1 Å². The second-order valence-electron chi connectivity index (χ2n) is 16.5. The molecule has 4 aromatic carbocycles. The summed E-state index contributed by atoms with van der Waals surface area (Å²) in [5.41, 5.74) is 14.0. The molecule has 3 amide bonds. The number of benzene rings is 4. The summed E-state index contributed by atoms with van der Waals surface area (Å²) in [6.07, 6.45) is 3.51. The Balaban J connectivity index is 0.970. The molecule has 310 valence electrons. The lowest BCUT2D eigenvalue weighted by molar-refractivity contribution is -0.135. The van der Waals surface area contributed by atoms with E-state index in [1.807, 2.05) is 66.2 Å². The van der Waals surface area contributed by atoms with E-state index < -0.39 is 18.2 Å². The van der Waals surface area contributed by atoms with Crippen molar-refractivity contribution in [2.24, 2.45) is 17.6 Å². The third-order valence-corrected chi connectivity index (χ3v) is 12.3. The maximum Gasteiger partial charge on any atom is 0.407 e. The molecule has 14 nitrogen and oxygen atoms in total. The molecule has 5 heterocycles. The first-order valence-corrected chi connectivity index (χ1v) is 20.6. The van der Waals surface area contributed by atoms with Gasteiger partial charge in [0.25, 0.3) is 0 Å². The van der Waals surface area contributed by atoms with Crippen molar-refractivity contribution in [1.29, 1.82) is 0 Å². The highest BCUT2D eigenvalue weighted by Gasteiger charge is 2.40. The van der Waals surface area contributed by atoms with Crippen LogP contribution >= 0.6 is 0 Å². The zero-order valence-corrected chi connectivity index (χ0v) is 34.2. The molecule has 5 atom stereocenters. The molecule has 2 fully saturated rings. The Hall–Kier alpha value is -6.25. The number of fused-ring (bicyclic) bond motifs is 6. The van der Waals surface area contributed by atoms with Gasteiger partial charge in [-0.25, -0.2) is 14.8 Å². The van der Waals surface area contributed by atoms with Gasteiger partial charge in [-0.2, -0.15) is 0 Å². The van der Waals surface area contributed by atoms with Crippen LogP contribution in [-0.4, -0.2) is 87.6 Å². The van der Waals surface area contributed by atoms with E-state index in [0.717, 1.165) is 79.7 Å². The minimum atomic E-state index is -0.776. The minimum Gasteiger partial charge on any atom is -0.488 e. The van der Waals surface area contributed by atoms with Gasteiger partial charge in [-0.15, -0.1) is 0 Å². The molecule has 3 aliphatic heterocycles. The summed E-state index contributed by atoms with van der Waals surface area (Å²) in [6.45, 7) is 5.86. The highest BCUT2D eigenvalue weighted by molar-refractivity contribution is 6.07.